The molecule has 0 heterocycles. The average Bonchev–Trinajstić information content (AvgIpc) is 2.64. The molecule has 0 bridgehead atoms. The summed E-state index contributed by atoms with van der Waals surface area (Å²) in [5.41, 5.74) is -0.241. The maximum atomic E-state index is 13.3. The predicted molar refractivity (Wildman–Crippen MR) is 105 cm³/mol. The van der Waals surface area contributed by atoms with E-state index in [-0.39, 0.29) is 24.1 Å². The van der Waals surface area contributed by atoms with Gasteiger partial charge in [0.25, 0.3) is 0 Å². The average molecular weight is 429 g/mol. The largest absolute Gasteiger partial charge is 0.418 e. The summed E-state index contributed by atoms with van der Waals surface area (Å²) < 4.78 is 62.7. The van der Waals surface area contributed by atoms with Gasteiger partial charge in [-0.05, 0) is 42.3 Å². The highest BCUT2D eigenvalue weighted by atomic mass is 32.2. The number of nitrogens with two attached hydrogens (primary N) is 1. The van der Waals surface area contributed by atoms with Crippen LogP contribution in [-0.4, -0.2) is 14.3 Å². The first-order valence-corrected chi connectivity index (χ1v) is 10.3. The molecule has 2 aromatic rings. The van der Waals surface area contributed by atoms with E-state index >= 15 is 0 Å². The predicted octanol–water partition coefficient (Wildman–Crippen LogP) is 3.95. The van der Waals surface area contributed by atoms with Gasteiger partial charge in [0.05, 0.1) is 10.5 Å². The highest BCUT2D eigenvalue weighted by Crippen LogP contribution is 2.36. The Bertz CT molecular complexity index is 992. The maximum absolute atomic E-state index is 13.3. The Balaban J connectivity index is 2.21. The van der Waals surface area contributed by atoms with Gasteiger partial charge in [0.2, 0.25) is 15.9 Å². The molecule has 4 N–H and O–H groups in total. The van der Waals surface area contributed by atoms with E-state index in [2.05, 4.69) is 10.6 Å². The summed E-state index contributed by atoms with van der Waals surface area (Å²) >= 11 is 0. The summed E-state index contributed by atoms with van der Waals surface area (Å²) in [6.07, 6.45) is -4.09. The number of carbonyl (C=O) groups excluding carboxylic acids is 1. The first-order chi connectivity index (χ1) is 13.4. The number of carbonyl (C=O) groups is 1. The zero-order chi connectivity index (χ0) is 21.8. The quantitative estimate of drug-likeness (QED) is 0.620. The second-order valence-corrected chi connectivity index (χ2v) is 8.16. The molecule has 0 spiro atoms. The van der Waals surface area contributed by atoms with Crippen molar-refractivity contribution < 1.29 is 26.4 Å². The van der Waals surface area contributed by atoms with E-state index in [9.17, 15) is 26.4 Å². The third-order valence-electron chi connectivity index (χ3n) is 4.36. The van der Waals surface area contributed by atoms with Crippen LogP contribution in [0.3, 0.4) is 0 Å². The van der Waals surface area contributed by atoms with Crippen molar-refractivity contribution in [3.8, 4) is 0 Å². The molecule has 0 saturated carbocycles. The van der Waals surface area contributed by atoms with Crippen molar-refractivity contribution in [2.45, 2.75) is 37.9 Å². The van der Waals surface area contributed by atoms with Crippen LogP contribution in [0.15, 0.2) is 47.4 Å². The number of hydrogen-bond donors (Lipinski definition) is 3. The maximum Gasteiger partial charge on any atom is 0.418 e. The van der Waals surface area contributed by atoms with Gasteiger partial charge in [0.1, 0.15) is 0 Å². The van der Waals surface area contributed by atoms with Crippen molar-refractivity contribution >= 4 is 27.3 Å². The number of sulfonamides is 1. The summed E-state index contributed by atoms with van der Waals surface area (Å²) in [7, 11) is -4.26. The topological polar surface area (TPSA) is 101 Å². The zero-order valence-corrected chi connectivity index (χ0v) is 16.7. The lowest BCUT2D eigenvalue weighted by molar-refractivity contribution is -0.137. The molecular weight excluding hydrogens is 407 g/mol. The second kappa shape index (κ2) is 8.83. The van der Waals surface area contributed by atoms with Crippen molar-refractivity contribution in [3.05, 3.63) is 53.6 Å². The van der Waals surface area contributed by atoms with E-state index in [4.69, 9.17) is 5.14 Å². The molecule has 1 atom stereocenters. The number of halogens is 3. The number of alkyl halides is 3. The Morgan fingerprint density at radius 2 is 1.86 bits per heavy atom. The van der Waals surface area contributed by atoms with E-state index in [1.54, 1.807) is 31.2 Å². The molecule has 2 rings (SSSR count). The Labute approximate surface area is 167 Å². The number of amides is 1. The lowest BCUT2D eigenvalue weighted by atomic mass is 10.1. The van der Waals surface area contributed by atoms with Crippen molar-refractivity contribution in [2.75, 3.05) is 10.6 Å². The van der Waals surface area contributed by atoms with Crippen LogP contribution >= 0.6 is 0 Å². The fourth-order valence-electron chi connectivity index (χ4n) is 2.50. The fraction of sp³-hybridized carbons (Fsp3) is 0.316. The van der Waals surface area contributed by atoms with Gasteiger partial charge in [0, 0.05) is 23.8 Å². The number of primary sulfonamides is 1. The third-order valence-corrected chi connectivity index (χ3v) is 5.27. The van der Waals surface area contributed by atoms with Crippen LogP contribution in [0.4, 0.5) is 24.5 Å². The molecule has 1 unspecified atom stereocenters. The molecule has 0 aliphatic rings. The molecule has 0 aromatic heterocycles. The van der Waals surface area contributed by atoms with Gasteiger partial charge in [-0.25, -0.2) is 13.6 Å². The minimum atomic E-state index is -4.77. The van der Waals surface area contributed by atoms with E-state index in [0.717, 1.165) is 12.1 Å². The van der Waals surface area contributed by atoms with Gasteiger partial charge in [-0.15, -0.1) is 0 Å². The first-order valence-electron chi connectivity index (χ1n) is 8.79. The van der Waals surface area contributed by atoms with Gasteiger partial charge in [0.15, 0.2) is 0 Å². The fourth-order valence-corrected chi connectivity index (χ4v) is 3.04. The van der Waals surface area contributed by atoms with Crippen LogP contribution < -0.4 is 15.8 Å². The Morgan fingerprint density at radius 1 is 1.17 bits per heavy atom. The van der Waals surface area contributed by atoms with E-state index in [0.29, 0.717) is 23.7 Å². The van der Waals surface area contributed by atoms with E-state index < -0.39 is 26.7 Å². The zero-order valence-electron chi connectivity index (χ0n) is 15.9. The number of hydrogen-bond acceptors (Lipinski definition) is 4. The molecule has 0 aliphatic carbocycles. The lowest BCUT2D eigenvalue weighted by Gasteiger charge is -2.16. The molecule has 6 nitrogen and oxygen atoms in total. The van der Waals surface area contributed by atoms with Crippen LogP contribution in [0.5, 0.6) is 0 Å². The Kier molecular flexibility index (Phi) is 6.91. The van der Waals surface area contributed by atoms with Gasteiger partial charge in [-0.3, -0.25) is 4.79 Å². The van der Waals surface area contributed by atoms with E-state index in [1.165, 1.54) is 0 Å². The van der Waals surface area contributed by atoms with Crippen molar-refractivity contribution in [1.82, 2.24) is 0 Å². The summed E-state index contributed by atoms with van der Waals surface area (Å²) in [4.78, 5) is 11.4. The minimum Gasteiger partial charge on any atom is -0.380 e. The van der Waals surface area contributed by atoms with Crippen molar-refractivity contribution in [2.24, 2.45) is 11.1 Å². The Hall–Kier alpha value is -2.59. The van der Waals surface area contributed by atoms with Gasteiger partial charge < -0.3 is 10.6 Å². The molecule has 0 radical (unpaired) electrons. The molecule has 1 amide bonds. The molecule has 158 valence electrons. The lowest BCUT2D eigenvalue weighted by Crippen LogP contribution is -2.19. The van der Waals surface area contributed by atoms with Crippen LogP contribution in [0, 0.1) is 5.92 Å². The van der Waals surface area contributed by atoms with Gasteiger partial charge in [-0.2, -0.15) is 13.2 Å². The molecule has 0 saturated heterocycles. The third kappa shape index (κ3) is 6.20. The van der Waals surface area contributed by atoms with Gasteiger partial charge >= 0.3 is 6.18 Å². The monoisotopic (exact) mass is 429 g/mol. The normalized spacial score (nSPS) is 13.0. The first kappa shape index (κ1) is 22.7. The molecule has 29 heavy (non-hydrogen) atoms. The van der Waals surface area contributed by atoms with E-state index in [1.807, 2.05) is 6.92 Å². The van der Waals surface area contributed by atoms with Gasteiger partial charge in [-0.1, -0.05) is 26.0 Å². The van der Waals surface area contributed by atoms with Crippen molar-refractivity contribution in [1.29, 1.82) is 0 Å². The van der Waals surface area contributed by atoms with Crippen molar-refractivity contribution in [3.63, 3.8) is 0 Å². The molecule has 2 aromatic carbocycles. The highest BCUT2D eigenvalue weighted by molar-refractivity contribution is 7.89. The molecule has 10 heteroatoms. The minimum absolute atomic E-state index is 0.0326. The second-order valence-electron chi connectivity index (χ2n) is 6.60. The van der Waals surface area contributed by atoms with Crippen LogP contribution in [0.2, 0.25) is 0 Å². The molecule has 0 aliphatic heterocycles. The number of anilines is 2. The van der Waals surface area contributed by atoms with Crippen LogP contribution in [-0.2, 0) is 27.5 Å². The summed E-state index contributed by atoms with van der Waals surface area (Å²) in [5, 5.41) is 10.3. The SMILES string of the molecule is CCC(C)C(=O)Nc1cccc(CNc2ccc(S(N)(=O)=O)cc2C(F)(F)F)c1. The summed E-state index contributed by atoms with van der Waals surface area (Å²) in [6, 6.07) is 9.24. The summed E-state index contributed by atoms with van der Waals surface area (Å²) in [6.45, 7) is 3.72. The van der Waals surface area contributed by atoms with Crippen LogP contribution in [0.1, 0.15) is 31.4 Å². The number of rotatable bonds is 7. The Morgan fingerprint density at radius 3 is 2.45 bits per heavy atom. The number of benzene rings is 2. The highest BCUT2D eigenvalue weighted by Gasteiger charge is 2.34. The van der Waals surface area contributed by atoms with Crippen LogP contribution in [0.25, 0.3) is 0 Å². The molecule has 0 fully saturated rings. The standard InChI is InChI=1S/C19H22F3N3O3S/c1-3-12(2)18(26)25-14-6-4-5-13(9-14)11-24-17-8-7-15(29(23,27)28)10-16(17)19(20,21)22/h4-10,12,24H,3,11H2,1-2H3,(H,25,26)(H2,23,27,28). The smallest absolute Gasteiger partial charge is 0.380 e. The number of nitrogens with one attached hydrogen (secondary N) is 2. The summed E-state index contributed by atoms with van der Waals surface area (Å²) in [5.74, 6) is -0.306. The molecular formula is C19H22F3N3O3S.